The molecule has 1 amide bonds. The van der Waals surface area contributed by atoms with Crippen LogP contribution in [0.2, 0.25) is 0 Å². The zero-order valence-electron chi connectivity index (χ0n) is 13.3. The number of hydrogen-bond donors (Lipinski definition) is 0. The maximum atomic E-state index is 12.9. The smallest absolute Gasteiger partial charge is 0.272 e. The molecule has 1 aromatic heterocycles. The van der Waals surface area contributed by atoms with Crippen LogP contribution in [0, 0.1) is 5.92 Å². The first-order valence-corrected chi connectivity index (χ1v) is 8.72. The molecule has 1 saturated heterocycles. The fraction of sp³-hybridized carbons (Fsp3) is 0.706. The molecule has 0 N–H and O–H groups in total. The number of Topliss-reactive ketones (excluding diaryl/α,β-unsaturated/α-hetero) is 1. The Bertz CT molecular complexity index is 602. The number of carbonyl (C=O) groups excluding carboxylic acids is 2. The number of amides is 1. The molecule has 0 spiro atoms. The fourth-order valence-electron chi connectivity index (χ4n) is 3.72. The van der Waals surface area contributed by atoms with Crippen LogP contribution in [0.1, 0.15) is 55.1 Å². The molecule has 6 nitrogen and oxygen atoms in total. The summed E-state index contributed by atoms with van der Waals surface area (Å²) >= 11 is 0. The molecule has 3 fully saturated rings. The standard InChI is InChI=1S/C17H23N3O3/c21-16(12-5-6-12)15-11-19(9-10-23-15)17(22)14-7-8-18-20(14)13-3-1-2-4-13/h7-8,12-13,15H,1-6,9-11H2. The lowest BCUT2D eigenvalue weighted by atomic mass is 10.1. The summed E-state index contributed by atoms with van der Waals surface area (Å²) < 4.78 is 7.49. The number of carbonyl (C=O) groups is 2. The summed E-state index contributed by atoms with van der Waals surface area (Å²) in [6.07, 6.45) is 7.80. The van der Waals surface area contributed by atoms with Gasteiger partial charge in [0.25, 0.3) is 5.91 Å². The molecule has 6 heteroatoms. The van der Waals surface area contributed by atoms with Crippen molar-refractivity contribution in [2.24, 2.45) is 5.92 Å². The Morgan fingerprint density at radius 1 is 1.17 bits per heavy atom. The zero-order chi connectivity index (χ0) is 15.8. The van der Waals surface area contributed by atoms with Crippen LogP contribution >= 0.6 is 0 Å². The van der Waals surface area contributed by atoms with Gasteiger partial charge < -0.3 is 9.64 Å². The van der Waals surface area contributed by atoms with E-state index in [-0.39, 0.29) is 17.6 Å². The minimum Gasteiger partial charge on any atom is -0.367 e. The van der Waals surface area contributed by atoms with Crippen LogP contribution < -0.4 is 0 Å². The molecule has 3 aliphatic rings. The minimum atomic E-state index is -0.442. The average Bonchev–Trinajstić information content (AvgIpc) is 3.09. The Kier molecular flexibility index (Phi) is 3.93. The Morgan fingerprint density at radius 3 is 2.70 bits per heavy atom. The third-order valence-electron chi connectivity index (χ3n) is 5.21. The lowest BCUT2D eigenvalue weighted by Crippen LogP contribution is -2.49. The number of ether oxygens (including phenoxy) is 1. The van der Waals surface area contributed by atoms with E-state index in [2.05, 4.69) is 5.10 Å². The SMILES string of the molecule is O=C(C1CC1)C1CN(C(=O)c2ccnn2C2CCCC2)CCO1. The summed E-state index contributed by atoms with van der Waals surface area (Å²) in [6, 6.07) is 2.14. The van der Waals surface area contributed by atoms with Crippen molar-refractivity contribution in [1.29, 1.82) is 0 Å². The second-order valence-electron chi connectivity index (χ2n) is 6.89. The third-order valence-corrected chi connectivity index (χ3v) is 5.21. The molecule has 0 radical (unpaired) electrons. The quantitative estimate of drug-likeness (QED) is 0.850. The van der Waals surface area contributed by atoms with Crippen LogP contribution in [-0.2, 0) is 9.53 Å². The first-order valence-electron chi connectivity index (χ1n) is 8.72. The van der Waals surface area contributed by atoms with Crippen molar-refractivity contribution < 1.29 is 14.3 Å². The molecule has 23 heavy (non-hydrogen) atoms. The van der Waals surface area contributed by atoms with Crippen molar-refractivity contribution >= 4 is 11.7 Å². The van der Waals surface area contributed by atoms with Crippen LogP contribution in [0.15, 0.2) is 12.3 Å². The van der Waals surface area contributed by atoms with E-state index >= 15 is 0 Å². The van der Waals surface area contributed by atoms with Crippen LogP contribution in [0.25, 0.3) is 0 Å². The van der Waals surface area contributed by atoms with E-state index < -0.39 is 6.10 Å². The highest BCUT2D eigenvalue weighted by Gasteiger charge is 2.39. The highest BCUT2D eigenvalue weighted by Crippen LogP contribution is 2.33. The maximum Gasteiger partial charge on any atom is 0.272 e. The Labute approximate surface area is 135 Å². The molecule has 1 atom stereocenters. The summed E-state index contributed by atoms with van der Waals surface area (Å²) in [4.78, 5) is 26.9. The molecule has 0 bridgehead atoms. The number of nitrogens with zero attached hydrogens (tertiary/aromatic N) is 3. The normalized spacial score (nSPS) is 25.7. The van der Waals surface area contributed by atoms with Gasteiger partial charge in [-0.15, -0.1) is 0 Å². The van der Waals surface area contributed by atoms with E-state index in [4.69, 9.17) is 4.74 Å². The molecule has 4 rings (SSSR count). The van der Waals surface area contributed by atoms with E-state index in [0.717, 1.165) is 25.7 Å². The van der Waals surface area contributed by atoms with Crippen molar-refractivity contribution in [3.05, 3.63) is 18.0 Å². The van der Waals surface area contributed by atoms with Gasteiger partial charge in [-0.3, -0.25) is 14.3 Å². The van der Waals surface area contributed by atoms with E-state index in [9.17, 15) is 9.59 Å². The number of rotatable bonds is 4. The summed E-state index contributed by atoms with van der Waals surface area (Å²) in [7, 11) is 0. The van der Waals surface area contributed by atoms with Gasteiger partial charge in [0.05, 0.1) is 19.2 Å². The van der Waals surface area contributed by atoms with E-state index in [1.165, 1.54) is 12.8 Å². The molecule has 1 unspecified atom stereocenters. The van der Waals surface area contributed by atoms with Crippen LogP contribution in [0.4, 0.5) is 0 Å². The molecule has 2 saturated carbocycles. The molecule has 1 aromatic rings. The largest absolute Gasteiger partial charge is 0.367 e. The van der Waals surface area contributed by atoms with E-state index in [0.29, 0.717) is 31.4 Å². The van der Waals surface area contributed by atoms with Crippen molar-refractivity contribution in [3.8, 4) is 0 Å². The lowest BCUT2D eigenvalue weighted by molar-refractivity contribution is -0.136. The topological polar surface area (TPSA) is 64.4 Å². The first-order chi connectivity index (χ1) is 11.2. The Balaban J connectivity index is 1.48. The number of morpholine rings is 1. The van der Waals surface area contributed by atoms with Gasteiger partial charge in [0.2, 0.25) is 0 Å². The highest BCUT2D eigenvalue weighted by atomic mass is 16.5. The highest BCUT2D eigenvalue weighted by molar-refractivity contribution is 5.94. The van der Waals surface area contributed by atoms with Crippen LogP contribution in [0.3, 0.4) is 0 Å². The number of ketones is 1. The molecular formula is C17H23N3O3. The summed E-state index contributed by atoms with van der Waals surface area (Å²) in [5.41, 5.74) is 0.649. The molecule has 1 aliphatic heterocycles. The van der Waals surface area contributed by atoms with Gasteiger partial charge in [-0.2, -0.15) is 5.10 Å². The summed E-state index contributed by atoms with van der Waals surface area (Å²) in [5, 5.41) is 4.38. The van der Waals surface area contributed by atoms with Gasteiger partial charge in [0.1, 0.15) is 11.8 Å². The van der Waals surface area contributed by atoms with Gasteiger partial charge in [0, 0.05) is 18.7 Å². The van der Waals surface area contributed by atoms with Crippen molar-refractivity contribution in [3.63, 3.8) is 0 Å². The molecule has 0 aromatic carbocycles. The van der Waals surface area contributed by atoms with Crippen molar-refractivity contribution in [1.82, 2.24) is 14.7 Å². The van der Waals surface area contributed by atoms with Gasteiger partial charge >= 0.3 is 0 Å². The van der Waals surface area contributed by atoms with Gasteiger partial charge in [0.15, 0.2) is 5.78 Å². The van der Waals surface area contributed by atoms with E-state index in [1.54, 1.807) is 17.2 Å². The maximum absolute atomic E-state index is 12.9. The van der Waals surface area contributed by atoms with E-state index in [1.807, 2.05) is 4.68 Å². The third kappa shape index (κ3) is 2.92. The predicted octanol–water partition coefficient (Wildman–Crippen LogP) is 1.82. The lowest BCUT2D eigenvalue weighted by Gasteiger charge is -2.32. The Hall–Kier alpha value is -1.69. The zero-order valence-corrected chi connectivity index (χ0v) is 13.3. The average molecular weight is 317 g/mol. The second kappa shape index (κ2) is 6.07. The monoisotopic (exact) mass is 317 g/mol. The summed E-state index contributed by atoms with van der Waals surface area (Å²) in [5.74, 6) is 0.317. The van der Waals surface area contributed by atoms with Gasteiger partial charge in [-0.1, -0.05) is 12.8 Å². The molecule has 124 valence electrons. The molecule has 2 aliphatic carbocycles. The predicted molar refractivity (Wildman–Crippen MR) is 83.1 cm³/mol. The molecular weight excluding hydrogens is 294 g/mol. The number of aromatic nitrogens is 2. The first kappa shape index (κ1) is 14.9. The van der Waals surface area contributed by atoms with Crippen LogP contribution in [-0.4, -0.2) is 52.2 Å². The Morgan fingerprint density at radius 2 is 1.96 bits per heavy atom. The number of hydrogen-bond acceptors (Lipinski definition) is 4. The van der Waals surface area contributed by atoms with Crippen LogP contribution in [0.5, 0.6) is 0 Å². The van der Waals surface area contributed by atoms with Crippen molar-refractivity contribution in [2.45, 2.75) is 50.7 Å². The molecule has 2 heterocycles. The fourth-order valence-corrected chi connectivity index (χ4v) is 3.72. The van der Waals surface area contributed by atoms with Crippen molar-refractivity contribution in [2.75, 3.05) is 19.7 Å². The second-order valence-corrected chi connectivity index (χ2v) is 6.89. The van der Waals surface area contributed by atoms with Gasteiger partial charge in [-0.05, 0) is 31.7 Å². The summed E-state index contributed by atoms with van der Waals surface area (Å²) in [6.45, 7) is 1.36. The minimum absolute atomic E-state index is 0.0219. The van der Waals surface area contributed by atoms with Gasteiger partial charge in [-0.25, -0.2) is 0 Å².